The third-order valence-corrected chi connectivity index (χ3v) is 6.35. The monoisotopic (exact) mass is 378 g/mol. The average molecular weight is 379 g/mol. The molecule has 1 unspecified atom stereocenters. The van der Waals surface area contributed by atoms with Crippen LogP contribution in [0.5, 0.6) is 5.75 Å². The van der Waals surface area contributed by atoms with Gasteiger partial charge in [0.25, 0.3) is 0 Å². The van der Waals surface area contributed by atoms with Gasteiger partial charge in [-0.2, -0.15) is 0 Å². The molecule has 3 aromatic carbocycles. The van der Waals surface area contributed by atoms with Crippen LogP contribution in [0, 0.1) is 0 Å². The zero-order valence-electron chi connectivity index (χ0n) is 15.7. The van der Waals surface area contributed by atoms with E-state index in [0.717, 1.165) is 31.1 Å². The average Bonchev–Trinajstić information content (AvgIpc) is 3.24. The summed E-state index contributed by atoms with van der Waals surface area (Å²) in [7, 11) is 1.76. The van der Waals surface area contributed by atoms with Crippen LogP contribution in [0.3, 0.4) is 0 Å². The van der Waals surface area contributed by atoms with Gasteiger partial charge in [-0.1, -0.05) is 48.5 Å². The molecule has 1 heterocycles. The Labute approximate surface area is 165 Å². The number of fused-ring (bicyclic) bond motifs is 1. The fourth-order valence-corrected chi connectivity index (χ4v) is 4.78. The molecule has 0 spiro atoms. The Balaban J connectivity index is 1.53. The first-order chi connectivity index (χ1) is 13.3. The minimum absolute atomic E-state index is 0.584. The fourth-order valence-electron chi connectivity index (χ4n) is 3.68. The first-order valence-corrected chi connectivity index (χ1v) is 10.5. The molecule has 140 valence electrons. The SMILES string of the molecule is COc1ccc2ccccc2c1CSc1ccccc1CNC1CCNC1. The van der Waals surface area contributed by atoms with Crippen molar-refractivity contribution >= 4 is 22.5 Å². The molecule has 27 heavy (non-hydrogen) atoms. The molecule has 2 N–H and O–H groups in total. The Morgan fingerprint density at radius 2 is 1.93 bits per heavy atom. The number of thioether (sulfide) groups is 1. The molecule has 1 aliphatic heterocycles. The largest absolute Gasteiger partial charge is 0.496 e. The van der Waals surface area contributed by atoms with Crippen LogP contribution < -0.4 is 15.4 Å². The predicted molar refractivity (Wildman–Crippen MR) is 115 cm³/mol. The molecule has 0 bridgehead atoms. The fraction of sp³-hybridized carbons (Fsp3) is 0.304. The van der Waals surface area contributed by atoms with Crippen LogP contribution in [0.25, 0.3) is 10.8 Å². The Morgan fingerprint density at radius 1 is 1.07 bits per heavy atom. The van der Waals surface area contributed by atoms with E-state index in [-0.39, 0.29) is 0 Å². The van der Waals surface area contributed by atoms with E-state index in [1.165, 1.54) is 33.2 Å². The van der Waals surface area contributed by atoms with Gasteiger partial charge >= 0.3 is 0 Å². The van der Waals surface area contributed by atoms with Crippen LogP contribution in [-0.4, -0.2) is 26.2 Å². The number of hydrogen-bond acceptors (Lipinski definition) is 4. The lowest BCUT2D eigenvalue weighted by atomic mass is 10.0. The molecule has 1 fully saturated rings. The van der Waals surface area contributed by atoms with Gasteiger partial charge in [0.2, 0.25) is 0 Å². The highest BCUT2D eigenvalue weighted by atomic mass is 32.2. The van der Waals surface area contributed by atoms with E-state index in [9.17, 15) is 0 Å². The Hall–Kier alpha value is -2.01. The molecule has 0 amide bonds. The maximum atomic E-state index is 5.65. The summed E-state index contributed by atoms with van der Waals surface area (Å²) in [6.45, 7) is 3.11. The second-order valence-electron chi connectivity index (χ2n) is 6.93. The summed E-state index contributed by atoms with van der Waals surface area (Å²) in [4.78, 5) is 1.34. The molecule has 3 nitrogen and oxygen atoms in total. The molecule has 1 atom stereocenters. The van der Waals surface area contributed by atoms with Crippen molar-refractivity contribution in [2.45, 2.75) is 29.7 Å². The summed E-state index contributed by atoms with van der Waals surface area (Å²) < 4.78 is 5.65. The Morgan fingerprint density at radius 3 is 2.78 bits per heavy atom. The third kappa shape index (κ3) is 4.29. The summed E-state index contributed by atoms with van der Waals surface area (Å²) in [6, 6.07) is 22.1. The Bertz CT molecular complexity index is 906. The van der Waals surface area contributed by atoms with Crippen LogP contribution in [0.4, 0.5) is 0 Å². The molecular formula is C23H26N2OS. The molecular weight excluding hydrogens is 352 g/mol. The zero-order valence-corrected chi connectivity index (χ0v) is 16.5. The van der Waals surface area contributed by atoms with Gasteiger partial charge in [0.1, 0.15) is 5.75 Å². The van der Waals surface area contributed by atoms with E-state index >= 15 is 0 Å². The van der Waals surface area contributed by atoms with Gasteiger partial charge in [-0.25, -0.2) is 0 Å². The molecule has 0 aliphatic carbocycles. The number of benzene rings is 3. The summed E-state index contributed by atoms with van der Waals surface area (Å²) in [6.07, 6.45) is 1.21. The van der Waals surface area contributed by atoms with Crippen molar-refractivity contribution in [1.29, 1.82) is 0 Å². The zero-order chi connectivity index (χ0) is 18.5. The van der Waals surface area contributed by atoms with Crippen molar-refractivity contribution in [1.82, 2.24) is 10.6 Å². The second kappa shape index (κ2) is 8.79. The minimum atomic E-state index is 0.584. The number of ether oxygens (including phenoxy) is 1. The predicted octanol–water partition coefficient (Wildman–Crippen LogP) is 4.59. The summed E-state index contributed by atoms with van der Waals surface area (Å²) in [5.41, 5.74) is 2.64. The third-order valence-electron chi connectivity index (χ3n) is 5.20. The van der Waals surface area contributed by atoms with Gasteiger partial charge in [0, 0.05) is 35.3 Å². The molecule has 1 aliphatic rings. The molecule has 4 heteroatoms. The van der Waals surface area contributed by atoms with Crippen molar-refractivity contribution in [2.75, 3.05) is 20.2 Å². The van der Waals surface area contributed by atoms with Crippen LogP contribution in [0.1, 0.15) is 17.5 Å². The lowest BCUT2D eigenvalue weighted by Gasteiger charge is -2.15. The maximum Gasteiger partial charge on any atom is 0.123 e. The maximum absolute atomic E-state index is 5.65. The van der Waals surface area contributed by atoms with E-state index in [2.05, 4.69) is 71.3 Å². The second-order valence-corrected chi connectivity index (χ2v) is 7.95. The highest BCUT2D eigenvalue weighted by Gasteiger charge is 2.14. The molecule has 0 aromatic heterocycles. The van der Waals surface area contributed by atoms with Gasteiger partial charge in [-0.05, 0) is 41.4 Å². The summed E-state index contributed by atoms with van der Waals surface area (Å²) in [5.74, 6) is 1.86. The molecule has 1 saturated heterocycles. The number of hydrogen-bond donors (Lipinski definition) is 2. The molecule has 4 rings (SSSR count). The summed E-state index contributed by atoms with van der Waals surface area (Å²) in [5, 5.41) is 9.64. The van der Waals surface area contributed by atoms with Gasteiger partial charge in [-0.3, -0.25) is 0 Å². The molecule has 3 aromatic rings. The summed E-state index contributed by atoms with van der Waals surface area (Å²) >= 11 is 1.89. The van der Waals surface area contributed by atoms with Crippen LogP contribution in [-0.2, 0) is 12.3 Å². The van der Waals surface area contributed by atoms with Crippen molar-refractivity contribution in [3.63, 3.8) is 0 Å². The number of rotatable bonds is 7. The van der Waals surface area contributed by atoms with E-state index in [4.69, 9.17) is 4.74 Å². The van der Waals surface area contributed by atoms with Crippen LogP contribution in [0.2, 0.25) is 0 Å². The quantitative estimate of drug-likeness (QED) is 0.589. The van der Waals surface area contributed by atoms with Crippen molar-refractivity contribution < 1.29 is 4.74 Å². The highest BCUT2D eigenvalue weighted by molar-refractivity contribution is 7.98. The minimum Gasteiger partial charge on any atom is -0.496 e. The van der Waals surface area contributed by atoms with Crippen molar-refractivity contribution in [2.24, 2.45) is 0 Å². The first kappa shape index (κ1) is 18.4. The lowest BCUT2D eigenvalue weighted by molar-refractivity contribution is 0.412. The van der Waals surface area contributed by atoms with E-state index in [1.807, 2.05) is 11.8 Å². The number of methoxy groups -OCH3 is 1. The van der Waals surface area contributed by atoms with Crippen molar-refractivity contribution in [3.8, 4) is 5.75 Å². The van der Waals surface area contributed by atoms with E-state index in [1.54, 1.807) is 7.11 Å². The van der Waals surface area contributed by atoms with Gasteiger partial charge < -0.3 is 15.4 Å². The highest BCUT2D eigenvalue weighted by Crippen LogP contribution is 2.34. The standard InChI is InChI=1S/C23H26N2OS/c1-26-22-11-10-17-6-2-4-8-20(17)21(22)16-27-23-9-5-3-7-18(23)14-25-19-12-13-24-15-19/h2-11,19,24-25H,12-16H2,1H3. The Kier molecular flexibility index (Phi) is 5.97. The molecule has 0 radical (unpaired) electrons. The number of nitrogens with one attached hydrogen (secondary N) is 2. The first-order valence-electron chi connectivity index (χ1n) is 9.54. The van der Waals surface area contributed by atoms with Crippen molar-refractivity contribution in [3.05, 3.63) is 71.8 Å². The van der Waals surface area contributed by atoms with Gasteiger partial charge in [-0.15, -0.1) is 11.8 Å². The topological polar surface area (TPSA) is 33.3 Å². The molecule has 0 saturated carbocycles. The van der Waals surface area contributed by atoms with Crippen LogP contribution >= 0.6 is 11.8 Å². The van der Waals surface area contributed by atoms with Gasteiger partial charge in [0.15, 0.2) is 0 Å². The lowest BCUT2D eigenvalue weighted by Crippen LogP contribution is -2.30. The van der Waals surface area contributed by atoms with Crippen LogP contribution in [0.15, 0.2) is 65.6 Å². The van der Waals surface area contributed by atoms with E-state index in [0.29, 0.717) is 6.04 Å². The normalized spacial score (nSPS) is 16.7. The smallest absolute Gasteiger partial charge is 0.123 e. The van der Waals surface area contributed by atoms with E-state index < -0.39 is 0 Å². The van der Waals surface area contributed by atoms with Gasteiger partial charge in [0.05, 0.1) is 7.11 Å².